The summed E-state index contributed by atoms with van der Waals surface area (Å²) in [6.45, 7) is 4.21. The molecule has 1 aromatic heterocycles. The quantitative estimate of drug-likeness (QED) is 0.747. The molecule has 0 aliphatic heterocycles. The molecule has 0 fully saturated rings. The third-order valence-corrected chi connectivity index (χ3v) is 5.75. The Kier molecular flexibility index (Phi) is 6.45. The number of fused-ring (bicyclic) bond motifs is 1. The molecule has 0 bridgehead atoms. The van der Waals surface area contributed by atoms with Crippen molar-refractivity contribution in [2.45, 2.75) is 71.6 Å². The lowest BCUT2D eigenvalue weighted by atomic mass is 9.98. The lowest BCUT2D eigenvalue weighted by Gasteiger charge is -2.14. The van der Waals surface area contributed by atoms with Crippen LogP contribution in [-0.4, -0.2) is 5.91 Å². The lowest BCUT2D eigenvalue weighted by molar-refractivity contribution is -0.120. The number of nitriles is 1. The van der Waals surface area contributed by atoms with Gasteiger partial charge in [-0.25, -0.2) is 0 Å². The Morgan fingerprint density at radius 1 is 1.32 bits per heavy atom. The van der Waals surface area contributed by atoms with Crippen LogP contribution >= 0.6 is 11.3 Å². The number of aryl methyl sites for hydroxylation is 1. The van der Waals surface area contributed by atoms with Gasteiger partial charge in [-0.3, -0.25) is 4.79 Å². The third-order valence-electron chi connectivity index (χ3n) is 4.54. The van der Waals surface area contributed by atoms with Gasteiger partial charge in [0.25, 0.3) is 0 Å². The third kappa shape index (κ3) is 3.89. The first kappa shape index (κ1) is 17.0. The summed E-state index contributed by atoms with van der Waals surface area (Å²) in [6, 6.07) is 2.33. The Balaban J connectivity index is 2.15. The number of hydrogen-bond acceptors (Lipinski definition) is 3. The van der Waals surface area contributed by atoms with E-state index in [1.54, 1.807) is 11.3 Å². The fourth-order valence-corrected chi connectivity index (χ4v) is 4.38. The molecule has 0 saturated heterocycles. The molecule has 0 saturated carbocycles. The monoisotopic (exact) mass is 318 g/mol. The van der Waals surface area contributed by atoms with Crippen LogP contribution in [0.5, 0.6) is 0 Å². The summed E-state index contributed by atoms with van der Waals surface area (Å²) in [7, 11) is 0. The summed E-state index contributed by atoms with van der Waals surface area (Å²) < 4.78 is 0. The number of carbonyl (C=O) groups is 1. The van der Waals surface area contributed by atoms with E-state index in [0.29, 0.717) is 0 Å². The highest BCUT2D eigenvalue weighted by molar-refractivity contribution is 7.16. The lowest BCUT2D eigenvalue weighted by Crippen LogP contribution is -2.22. The topological polar surface area (TPSA) is 52.9 Å². The first-order chi connectivity index (χ1) is 10.7. The number of anilines is 1. The SMILES string of the molecule is CCCCC(CC)C(=O)Nc1sc2c(c1C#N)CCCCC2. The summed E-state index contributed by atoms with van der Waals surface area (Å²) in [5, 5.41) is 13.4. The van der Waals surface area contributed by atoms with Crippen LogP contribution in [0.4, 0.5) is 5.00 Å². The first-order valence-electron chi connectivity index (χ1n) is 8.56. The number of hydrogen-bond donors (Lipinski definition) is 1. The number of nitrogens with zero attached hydrogens (tertiary/aromatic N) is 1. The molecule has 2 rings (SSSR count). The minimum absolute atomic E-state index is 0.0633. The molecule has 1 aliphatic carbocycles. The average molecular weight is 318 g/mol. The Hall–Kier alpha value is -1.34. The van der Waals surface area contributed by atoms with Crippen molar-refractivity contribution in [3.05, 3.63) is 16.0 Å². The van der Waals surface area contributed by atoms with Crippen LogP contribution < -0.4 is 5.32 Å². The van der Waals surface area contributed by atoms with Crippen LogP contribution in [-0.2, 0) is 17.6 Å². The summed E-state index contributed by atoms with van der Waals surface area (Å²) in [5.74, 6) is 0.150. The van der Waals surface area contributed by atoms with Gasteiger partial charge in [-0.2, -0.15) is 5.26 Å². The van der Waals surface area contributed by atoms with Crippen molar-refractivity contribution in [2.75, 3.05) is 5.32 Å². The largest absolute Gasteiger partial charge is 0.316 e. The second-order valence-corrected chi connectivity index (χ2v) is 7.22. The molecule has 0 spiro atoms. The van der Waals surface area contributed by atoms with Gasteiger partial charge in [0.15, 0.2) is 0 Å². The predicted octanol–water partition coefficient (Wildman–Crippen LogP) is 5.04. The van der Waals surface area contributed by atoms with E-state index in [4.69, 9.17) is 0 Å². The van der Waals surface area contributed by atoms with E-state index in [2.05, 4.69) is 25.2 Å². The van der Waals surface area contributed by atoms with E-state index in [1.807, 2.05) is 0 Å². The van der Waals surface area contributed by atoms with Crippen LogP contribution in [0.1, 0.15) is 74.8 Å². The van der Waals surface area contributed by atoms with Crippen molar-refractivity contribution in [3.8, 4) is 6.07 Å². The zero-order valence-corrected chi connectivity index (χ0v) is 14.5. The highest BCUT2D eigenvalue weighted by Gasteiger charge is 2.23. The molecule has 1 aromatic rings. The maximum Gasteiger partial charge on any atom is 0.228 e. The van der Waals surface area contributed by atoms with E-state index >= 15 is 0 Å². The number of nitrogens with one attached hydrogen (secondary N) is 1. The van der Waals surface area contributed by atoms with Crippen molar-refractivity contribution in [3.63, 3.8) is 0 Å². The smallest absolute Gasteiger partial charge is 0.228 e. The van der Waals surface area contributed by atoms with Crippen molar-refractivity contribution in [2.24, 2.45) is 5.92 Å². The van der Waals surface area contributed by atoms with E-state index in [-0.39, 0.29) is 11.8 Å². The molecule has 1 amide bonds. The molecule has 4 heteroatoms. The number of rotatable bonds is 6. The number of amides is 1. The van der Waals surface area contributed by atoms with Crippen molar-refractivity contribution < 1.29 is 4.79 Å². The number of thiophene rings is 1. The van der Waals surface area contributed by atoms with E-state index < -0.39 is 0 Å². The van der Waals surface area contributed by atoms with Crippen LogP contribution in [0.25, 0.3) is 0 Å². The highest BCUT2D eigenvalue weighted by atomic mass is 32.1. The first-order valence-corrected chi connectivity index (χ1v) is 9.38. The molecule has 1 atom stereocenters. The van der Waals surface area contributed by atoms with Crippen LogP contribution in [0.2, 0.25) is 0 Å². The Labute approximate surface area is 137 Å². The van der Waals surface area contributed by atoms with Gasteiger partial charge in [-0.15, -0.1) is 11.3 Å². The van der Waals surface area contributed by atoms with E-state index in [9.17, 15) is 10.1 Å². The molecule has 0 radical (unpaired) electrons. The molecule has 1 heterocycles. The molecule has 1 unspecified atom stereocenters. The van der Waals surface area contributed by atoms with Gasteiger partial charge in [0.1, 0.15) is 11.1 Å². The Bertz CT molecular complexity index is 556. The summed E-state index contributed by atoms with van der Waals surface area (Å²) >= 11 is 1.63. The summed E-state index contributed by atoms with van der Waals surface area (Å²) in [6.07, 6.45) is 9.61. The molecule has 120 valence electrons. The maximum atomic E-state index is 12.5. The van der Waals surface area contributed by atoms with Gasteiger partial charge in [-0.1, -0.05) is 33.1 Å². The maximum absolute atomic E-state index is 12.5. The van der Waals surface area contributed by atoms with Gasteiger partial charge in [-0.05, 0) is 44.1 Å². The zero-order chi connectivity index (χ0) is 15.9. The van der Waals surface area contributed by atoms with Crippen LogP contribution in [0, 0.1) is 17.2 Å². The molecular weight excluding hydrogens is 292 g/mol. The van der Waals surface area contributed by atoms with Crippen molar-refractivity contribution in [1.82, 2.24) is 0 Å². The minimum Gasteiger partial charge on any atom is -0.316 e. The molecule has 1 N–H and O–H groups in total. The van der Waals surface area contributed by atoms with E-state index in [1.165, 1.54) is 23.3 Å². The second kappa shape index (κ2) is 8.33. The fraction of sp³-hybridized carbons (Fsp3) is 0.667. The molecule has 0 aromatic carbocycles. The van der Waals surface area contributed by atoms with Crippen LogP contribution in [0.3, 0.4) is 0 Å². The normalized spacial score (nSPS) is 15.5. The average Bonchev–Trinajstić information content (AvgIpc) is 2.68. The Morgan fingerprint density at radius 3 is 2.77 bits per heavy atom. The zero-order valence-electron chi connectivity index (χ0n) is 13.7. The second-order valence-electron chi connectivity index (χ2n) is 6.12. The van der Waals surface area contributed by atoms with Gasteiger partial charge in [0.2, 0.25) is 5.91 Å². The van der Waals surface area contributed by atoms with Crippen molar-refractivity contribution >= 4 is 22.2 Å². The molecule has 3 nitrogen and oxygen atoms in total. The van der Waals surface area contributed by atoms with Gasteiger partial charge >= 0.3 is 0 Å². The van der Waals surface area contributed by atoms with Gasteiger partial charge < -0.3 is 5.32 Å². The van der Waals surface area contributed by atoms with Gasteiger partial charge in [0, 0.05) is 10.8 Å². The molecule has 1 aliphatic rings. The molecular formula is C18H26N2OS. The van der Waals surface area contributed by atoms with Gasteiger partial charge in [0.05, 0.1) is 5.56 Å². The number of unbranched alkanes of at least 4 members (excludes halogenated alkanes) is 1. The van der Waals surface area contributed by atoms with Crippen molar-refractivity contribution in [1.29, 1.82) is 5.26 Å². The minimum atomic E-state index is 0.0633. The standard InChI is InChI=1S/C18H26N2OS/c1-3-5-9-13(4-2)17(21)20-18-15(12-19)14-10-7-6-8-11-16(14)22-18/h13H,3-11H2,1-2H3,(H,20,21). The molecule has 22 heavy (non-hydrogen) atoms. The number of carbonyl (C=O) groups excluding carboxylic acids is 1. The fourth-order valence-electron chi connectivity index (χ4n) is 3.13. The summed E-state index contributed by atoms with van der Waals surface area (Å²) in [5.41, 5.74) is 1.92. The van der Waals surface area contributed by atoms with Crippen LogP contribution in [0.15, 0.2) is 0 Å². The Morgan fingerprint density at radius 2 is 2.09 bits per heavy atom. The predicted molar refractivity (Wildman–Crippen MR) is 92.2 cm³/mol. The summed E-state index contributed by atoms with van der Waals surface area (Å²) in [4.78, 5) is 13.8. The highest BCUT2D eigenvalue weighted by Crippen LogP contribution is 2.37. The van der Waals surface area contributed by atoms with E-state index in [0.717, 1.165) is 55.5 Å².